The molecule has 8 nitrogen and oxygen atoms in total. The van der Waals surface area contributed by atoms with E-state index in [0.717, 1.165) is 37.3 Å². The summed E-state index contributed by atoms with van der Waals surface area (Å²) < 4.78 is 7.13. The number of nitrogens with zero attached hydrogens (tertiary/aromatic N) is 5. The van der Waals surface area contributed by atoms with E-state index >= 15 is 0 Å². The van der Waals surface area contributed by atoms with E-state index < -0.39 is 6.10 Å². The molecule has 0 saturated heterocycles. The molecule has 1 unspecified atom stereocenters. The van der Waals surface area contributed by atoms with Crippen LogP contribution < -0.4 is 0 Å². The topological polar surface area (TPSA) is 87.6 Å². The molecule has 2 aromatic heterocycles. The number of aliphatic hydroxyl groups is 1. The lowest BCUT2D eigenvalue weighted by molar-refractivity contribution is 0.0735. The Labute approximate surface area is 153 Å². The van der Waals surface area contributed by atoms with Crippen LogP contribution in [0.2, 0.25) is 0 Å². The molecule has 1 atom stereocenters. The summed E-state index contributed by atoms with van der Waals surface area (Å²) >= 11 is 0. The lowest BCUT2D eigenvalue weighted by Gasteiger charge is -2.18. The Morgan fingerprint density at radius 3 is 2.92 bits per heavy atom. The average Bonchev–Trinajstić information content (AvgIpc) is 3.16. The zero-order chi connectivity index (χ0) is 18.7. The molecule has 1 N–H and O–H groups in total. The number of aliphatic hydroxyl groups excluding tert-OH is 1. The lowest BCUT2D eigenvalue weighted by atomic mass is 10.2. The molecule has 1 aliphatic heterocycles. The third-order valence-electron chi connectivity index (χ3n) is 4.47. The second-order valence-electron chi connectivity index (χ2n) is 7.07. The van der Waals surface area contributed by atoms with Crippen LogP contribution in [0, 0.1) is 0 Å². The van der Waals surface area contributed by atoms with Crippen molar-refractivity contribution in [3.63, 3.8) is 0 Å². The maximum atomic E-state index is 12.8. The van der Waals surface area contributed by atoms with Gasteiger partial charge in [0.05, 0.1) is 17.9 Å². The molecule has 0 saturated carbocycles. The smallest absolute Gasteiger partial charge is 0.276 e. The number of amides is 1. The first-order valence-electron chi connectivity index (χ1n) is 9.12. The fraction of sp³-hybridized carbons (Fsp3) is 0.611. The molecule has 26 heavy (non-hydrogen) atoms. The molecule has 142 valence electrons. The van der Waals surface area contributed by atoms with Gasteiger partial charge in [0.1, 0.15) is 11.9 Å². The van der Waals surface area contributed by atoms with E-state index in [4.69, 9.17) is 4.52 Å². The molecule has 8 heteroatoms. The van der Waals surface area contributed by atoms with Crippen molar-refractivity contribution in [3.05, 3.63) is 35.0 Å². The molecule has 0 aromatic carbocycles. The predicted molar refractivity (Wildman–Crippen MR) is 95.6 cm³/mol. The van der Waals surface area contributed by atoms with Gasteiger partial charge in [0.2, 0.25) is 0 Å². The number of rotatable bonds is 6. The summed E-state index contributed by atoms with van der Waals surface area (Å²) in [5, 5.41) is 18.8. The third-order valence-corrected chi connectivity index (χ3v) is 4.47. The average molecular weight is 361 g/mol. The molecule has 0 bridgehead atoms. The van der Waals surface area contributed by atoms with Crippen molar-refractivity contribution in [1.29, 1.82) is 0 Å². The highest BCUT2D eigenvalue weighted by atomic mass is 16.5. The van der Waals surface area contributed by atoms with Crippen LogP contribution in [-0.2, 0) is 19.5 Å². The van der Waals surface area contributed by atoms with Gasteiger partial charge in [-0.25, -0.2) is 0 Å². The quantitative estimate of drug-likeness (QED) is 0.838. The maximum absolute atomic E-state index is 12.8. The Balaban J connectivity index is 1.74. The van der Waals surface area contributed by atoms with E-state index in [9.17, 15) is 9.90 Å². The highest BCUT2D eigenvalue weighted by Gasteiger charge is 2.25. The number of aryl methyl sites for hydroxylation is 2. The van der Waals surface area contributed by atoms with Gasteiger partial charge in [-0.15, -0.1) is 0 Å². The van der Waals surface area contributed by atoms with E-state index in [-0.39, 0.29) is 5.91 Å². The molecule has 3 rings (SSSR count). The minimum absolute atomic E-state index is 0.124. The van der Waals surface area contributed by atoms with Crippen molar-refractivity contribution < 1.29 is 14.4 Å². The molecule has 2 aromatic rings. The number of aromatic nitrogens is 3. The van der Waals surface area contributed by atoms with Gasteiger partial charge in [-0.2, -0.15) is 5.10 Å². The molecule has 0 fully saturated rings. The Hall–Kier alpha value is -2.19. The largest absolute Gasteiger partial charge is 0.385 e. The Morgan fingerprint density at radius 2 is 2.19 bits per heavy atom. The van der Waals surface area contributed by atoms with Crippen LogP contribution in [0.25, 0.3) is 0 Å². The highest BCUT2D eigenvalue weighted by molar-refractivity contribution is 5.92. The summed E-state index contributed by atoms with van der Waals surface area (Å²) in [6, 6.07) is 3.63. The molecule has 1 amide bonds. The summed E-state index contributed by atoms with van der Waals surface area (Å²) in [5.41, 5.74) is 1.94. The Morgan fingerprint density at radius 1 is 1.38 bits per heavy atom. The van der Waals surface area contributed by atoms with Crippen LogP contribution >= 0.6 is 0 Å². The summed E-state index contributed by atoms with van der Waals surface area (Å²) in [6.45, 7) is 4.40. The van der Waals surface area contributed by atoms with Crippen LogP contribution in [0.4, 0.5) is 0 Å². The van der Waals surface area contributed by atoms with Crippen LogP contribution in [0.5, 0.6) is 0 Å². The van der Waals surface area contributed by atoms with E-state index in [1.54, 1.807) is 11.0 Å². The van der Waals surface area contributed by atoms with Gasteiger partial charge in [-0.1, -0.05) is 12.1 Å². The second-order valence-corrected chi connectivity index (χ2v) is 7.07. The van der Waals surface area contributed by atoms with Crippen molar-refractivity contribution in [1.82, 2.24) is 24.7 Å². The molecular weight excluding hydrogens is 334 g/mol. The highest BCUT2D eigenvalue weighted by Crippen LogP contribution is 2.20. The monoisotopic (exact) mass is 361 g/mol. The van der Waals surface area contributed by atoms with Crippen LogP contribution in [0.15, 0.2) is 16.7 Å². The van der Waals surface area contributed by atoms with Gasteiger partial charge < -0.3 is 19.4 Å². The van der Waals surface area contributed by atoms with Gasteiger partial charge in [0, 0.05) is 32.1 Å². The zero-order valence-corrected chi connectivity index (χ0v) is 15.7. The van der Waals surface area contributed by atoms with E-state index in [0.29, 0.717) is 31.0 Å². The minimum atomic E-state index is -0.638. The van der Waals surface area contributed by atoms with E-state index in [1.165, 1.54) is 0 Å². The van der Waals surface area contributed by atoms with Gasteiger partial charge in [0.15, 0.2) is 5.69 Å². The molecular formula is C18H27N5O3. The number of fused-ring (bicyclic) bond motifs is 1. The SMILES string of the molecule is CCCc1cc(C(=O)N2CCCn3nc(C(O)CN(C)C)cc3C2)no1. The summed E-state index contributed by atoms with van der Waals surface area (Å²) in [7, 11) is 3.82. The number of likely N-dealkylation sites (N-methyl/N-ethyl adjacent to an activating group) is 1. The van der Waals surface area contributed by atoms with Crippen molar-refractivity contribution in [2.75, 3.05) is 27.2 Å². The minimum Gasteiger partial charge on any atom is -0.385 e. The third kappa shape index (κ3) is 4.13. The first-order chi connectivity index (χ1) is 12.5. The summed E-state index contributed by atoms with van der Waals surface area (Å²) in [4.78, 5) is 16.5. The Bertz CT molecular complexity index is 752. The summed E-state index contributed by atoms with van der Waals surface area (Å²) in [6.07, 6.45) is 1.90. The van der Waals surface area contributed by atoms with Crippen molar-refractivity contribution in [2.45, 2.75) is 45.4 Å². The maximum Gasteiger partial charge on any atom is 0.276 e. The number of hydrogen-bond donors (Lipinski definition) is 1. The number of hydrogen-bond acceptors (Lipinski definition) is 6. The molecule has 3 heterocycles. The fourth-order valence-electron chi connectivity index (χ4n) is 3.20. The van der Waals surface area contributed by atoms with Gasteiger partial charge in [0.25, 0.3) is 5.91 Å². The van der Waals surface area contributed by atoms with Crippen molar-refractivity contribution in [3.8, 4) is 0 Å². The zero-order valence-electron chi connectivity index (χ0n) is 15.7. The number of carbonyl (C=O) groups excluding carboxylic acids is 1. The molecule has 1 aliphatic rings. The summed E-state index contributed by atoms with van der Waals surface area (Å²) in [5.74, 6) is 0.617. The standard InChI is InChI=1S/C18H27N5O3/c1-4-6-14-10-16(20-26-14)18(25)22-7-5-8-23-13(11-22)9-15(19-23)17(24)12-21(2)3/h9-10,17,24H,4-8,11-12H2,1-3H3. The normalized spacial score (nSPS) is 15.8. The van der Waals surface area contributed by atoms with E-state index in [1.807, 2.05) is 29.7 Å². The fourth-order valence-corrected chi connectivity index (χ4v) is 3.20. The van der Waals surface area contributed by atoms with Crippen LogP contribution in [0.1, 0.15) is 53.5 Å². The number of carbonyl (C=O) groups is 1. The first kappa shape index (κ1) is 18.6. The molecule has 0 radical (unpaired) electrons. The van der Waals surface area contributed by atoms with Crippen LogP contribution in [0.3, 0.4) is 0 Å². The van der Waals surface area contributed by atoms with Gasteiger partial charge in [-0.3, -0.25) is 9.48 Å². The van der Waals surface area contributed by atoms with Gasteiger partial charge >= 0.3 is 0 Å². The lowest BCUT2D eigenvalue weighted by Crippen LogP contribution is -2.31. The molecule has 0 spiro atoms. The van der Waals surface area contributed by atoms with Gasteiger partial charge in [-0.05, 0) is 33.0 Å². The second kappa shape index (κ2) is 8.01. The predicted octanol–water partition coefficient (Wildman–Crippen LogP) is 1.46. The van der Waals surface area contributed by atoms with Crippen molar-refractivity contribution >= 4 is 5.91 Å². The molecule has 0 aliphatic carbocycles. The first-order valence-corrected chi connectivity index (χ1v) is 9.12. The van der Waals surface area contributed by atoms with Crippen LogP contribution in [-0.4, -0.2) is 62.9 Å². The van der Waals surface area contributed by atoms with Crippen molar-refractivity contribution in [2.24, 2.45) is 0 Å². The Kier molecular flexibility index (Phi) is 5.73. The van der Waals surface area contributed by atoms with E-state index in [2.05, 4.69) is 17.2 Å².